The van der Waals surface area contributed by atoms with E-state index in [-0.39, 0.29) is 46.7 Å². The molecule has 4 atom stereocenters. The molecule has 0 unspecified atom stereocenters. The Bertz CT molecular complexity index is 1140. The van der Waals surface area contributed by atoms with Gasteiger partial charge in [-0.1, -0.05) is 42.5 Å². The number of carbonyl (C=O) groups excluding carboxylic acids is 3. The number of methoxy groups -OCH3 is 1. The summed E-state index contributed by atoms with van der Waals surface area (Å²) in [5, 5.41) is 10.5. The summed E-state index contributed by atoms with van der Waals surface area (Å²) in [6.45, 7) is 0.000745. The Labute approximate surface area is 184 Å². The first-order valence-corrected chi connectivity index (χ1v) is 10.5. The quantitative estimate of drug-likeness (QED) is 0.440. The smallest absolute Gasteiger partial charge is 0.507 e. The first-order valence-electron chi connectivity index (χ1n) is 10.5. The van der Waals surface area contributed by atoms with E-state index in [1.165, 1.54) is 19.2 Å². The lowest BCUT2D eigenvalue weighted by Gasteiger charge is -2.52. The van der Waals surface area contributed by atoms with Crippen LogP contribution in [0.2, 0.25) is 0 Å². The van der Waals surface area contributed by atoms with Gasteiger partial charge >= 0.3 is 6.16 Å². The number of phenols is 1. The molecule has 0 saturated heterocycles. The van der Waals surface area contributed by atoms with Crippen molar-refractivity contribution >= 4 is 17.7 Å². The van der Waals surface area contributed by atoms with E-state index in [0.717, 1.165) is 5.56 Å². The third-order valence-electron chi connectivity index (χ3n) is 6.84. The minimum absolute atomic E-state index is 0.000745. The maximum absolute atomic E-state index is 13.6. The Morgan fingerprint density at radius 3 is 2.56 bits per heavy atom. The summed E-state index contributed by atoms with van der Waals surface area (Å²) in [4.78, 5) is 39.4. The van der Waals surface area contributed by atoms with Crippen molar-refractivity contribution in [1.82, 2.24) is 0 Å². The molecule has 0 spiro atoms. The second kappa shape index (κ2) is 7.60. The third kappa shape index (κ3) is 3.04. The molecule has 0 amide bonds. The van der Waals surface area contributed by atoms with Crippen LogP contribution in [0.4, 0.5) is 4.79 Å². The van der Waals surface area contributed by atoms with Crippen LogP contribution in [-0.4, -0.2) is 35.5 Å². The minimum Gasteiger partial charge on any atom is -0.507 e. The van der Waals surface area contributed by atoms with E-state index >= 15 is 0 Å². The molecule has 6 rings (SSSR count). The van der Waals surface area contributed by atoms with Crippen LogP contribution in [0.15, 0.2) is 54.6 Å². The van der Waals surface area contributed by atoms with E-state index in [9.17, 15) is 19.5 Å². The molecule has 4 aliphatic rings. The highest BCUT2D eigenvalue weighted by molar-refractivity contribution is 6.19. The largest absolute Gasteiger partial charge is 0.514 e. The molecule has 0 aliphatic heterocycles. The number of hydrogen-bond donors (Lipinski definition) is 1. The van der Waals surface area contributed by atoms with E-state index in [0.29, 0.717) is 12.8 Å². The average Bonchev–Trinajstić information content (AvgIpc) is 2.83. The molecule has 7 heteroatoms. The fourth-order valence-electron chi connectivity index (χ4n) is 5.31. The van der Waals surface area contributed by atoms with Crippen LogP contribution in [0.3, 0.4) is 0 Å². The minimum atomic E-state index is -0.998. The number of rotatable bonds is 4. The molecular weight excluding hydrogens is 412 g/mol. The van der Waals surface area contributed by atoms with E-state index in [1.54, 1.807) is 12.1 Å². The van der Waals surface area contributed by atoms with Crippen molar-refractivity contribution in [3.8, 4) is 11.5 Å². The van der Waals surface area contributed by atoms with Gasteiger partial charge in [-0.25, -0.2) is 4.79 Å². The number of ketones is 2. The van der Waals surface area contributed by atoms with Gasteiger partial charge in [0, 0.05) is 13.0 Å². The molecule has 2 aromatic carbocycles. The van der Waals surface area contributed by atoms with E-state index in [2.05, 4.69) is 0 Å². The monoisotopic (exact) mass is 434 g/mol. The molecular formula is C25H22O7. The van der Waals surface area contributed by atoms with E-state index in [1.807, 2.05) is 30.4 Å². The Kier molecular flexibility index (Phi) is 4.86. The van der Waals surface area contributed by atoms with Gasteiger partial charge in [0.25, 0.3) is 0 Å². The highest BCUT2D eigenvalue weighted by Gasteiger charge is 2.60. The summed E-state index contributed by atoms with van der Waals surface area (Å²) in [5.74, 6) is -2.58. The molecule has 2 aromatic rings. The Balaban J connectivity index is 1.48. The second-order valence-corrected chi connectivity index (χ2v) is 8.41. The van der Waals surface area contributed by atoms with Gasteiger partial charge in [-0.05, 0) is 36.5 Å². The summed E-state index contributed by atoms with van der Waals surface area (Å²) in [7, 11) is 1.53. The van der Waals surface area contributed by atoms with Crippen LogP contribution in [0.25, 0.3) is 0 Å². The molecule has 2 bridgehead atoms. The molecule has 7 nitrogen and oxygen atoms in total. The summed E-state index contributed by atoms with van der Waals surface area (Å²) in [6.07, 6.45) is 4.15. The van der Waals surface area contributed by atoms with Gasteiger partial charge in [-0.2, -0.15) is 0 Å². The fourth-order valence-corrected chi connectivity index (χ4v) is 5.31. The SMILES string of the molecule is CO[C@]12C=C[C@@H](CC1)[C@H]1C(=O)c3c(OC(=O)OCc4ccccc4)ccc(O)c3C(=O)[C@@H]12. The summed E-state index contributed by atoms with van der Waals surface area (Å²) >= 11 is 0. The number of aromatic hydroxyl groups is 1. The van der Waals surface area contributed by atoms with Gasteiger partial charge in [0.05, 0.1) is 22.6 Å². The predicted octanol–water partition coefficient (Wildman–Crippen LogP) is 4.08. The number of benzene rings is 2. The predicted molar refractivity (Wildman–Crippen MR) is 113 cm³/mol. The summed E-state index contributed by atoms with van der Waals surface area (Å²) in [6, 6.07) is 11.7. The first kappa shape index (κ1) is 20.5. The molecule has 0 aromatic heterocycles. The molecule has 32 heavy (non-hydrogen) atoms. The molecule has 1 saturated carbocycles. The lowest BCUT2D eigenvalue weighted by Crippen LogP contribution is -2.58. The van der Waals surface area contributed by atoms with Crippen LogP contribution in [0.1, 0.15) is 39.1 Å². The van der Waals surface area contributed by atoms with Crippen LogP contribution < -0.4 is 4.74 Å². The lowest BCUT2D eigenvalue weighted by atomic mass is 9.53. The zero-order chi connectivity index (χ0) is 22.5. The van der Waals surface area contributed by atoms with Gasteiger partial charge in [-0.3, -0.25) is 9.59 Å². The van der Waals surface area contributed by atoms with Crippen molar-refractivity contribution < 1.29 is 33.7 Å². The molecule has 164 valence electrons. The Hall–Kier alpha value is -3.45. The Morgan fingerprint density at radius 2 is 1.88 bits per heavy atom. The highest BCUT2D eigenvalue weighted by Crippen LogP contribution is 2.55. The number of phenolic OH excluding ortho intramolecular Hbond substituents is 1. The van der Waals surface area contributed by atoms with Crippen molar-refractivity contribution in [2.24, 2.45) is 17.8 Å². The number of allylic oxidation sites excluding steroid dienone is 1. The van der Waals surface area contributed by atoms with Crippen molar-refractivity contribution in [2.75, 3.05) is 7.11 Å². The first-order chi connectivity index (χ1) is 15.4. The van der Waals surface area contributed by atoms with Crippen LogP contribution in [-0.2, 0) is 16.1 Å². The van der Waals surface area contributed by atoms with E-state index in [4.69, 9.17) is 14.2 Å². The van der Waals surface area contributed by atoms with Gasteiger partial charge in [0.15, 0.2) is 11.6 Å². The Morgan fingerprint density at radius 1 is 1.09 bits per heavy atom. The summed E-state index contributed by atoms with van der Waals surface area (Å²) < 4.78 is 16.2. The topological polar surface area (TPSA) is 99.1 Å². The zero-order valence-corrected chi connectivity index (χ0v) is 17.4. The normalized spacial score (nSPS) is 27.6. The number of carbonyl (C=O) groups is 3. The molecule has 0 radical (unpaired) electrons. The number of ether oxygens (including phenoxy) is 3. The maximum atomic E-state index is 13.6. The number of fused-ring (bicyclic) bond motifs is 2. The van der Waals surface area contributed by atoms with Crippen LogP contribution in [0.5, 0.6) is 11.5 Å². The average molecular weight is 434 g/mol. The molecule has 4 aliphatic carbocycles. The van der Waals surface area contributed by atoms with Crippen molar-refractivity contribution in [3.63, 3.8) is 0 Å². The second-order valence-electron chi connectivity index (χ2n) is 8.41. The standard InChI is InChI=1S/C25H22O7/c1-30-25-11-9-15(10-12-25)18-21(25)23(28)19-16(26)7-8-17(20(19)22(18)27)32-24(29)31-13-14-5-3-2-4-6-14/h2-9,11,15,18,21,26H,10,12-13H2,1H3/t15-,18+,21+,25+/m0/s1. The maximum Gasteiger partial charge on any atom is 0.514 e. The van der Waals surface area contributed by atoms with Gasteiger partial charge < -0.3 is 19.3 Å². The number of hydrogen-bond acceptors (Lipinski definition) is 7. The lowest BCUT2D eigenvalue weighted by molar-refractivity contribution is -0.0693. The highest BCUT2D eigenvalue weighted by atomic mass is 16.7. The van der Waals surface area contributed by atoms with Gasteiger partial charge in [0.1, 0.15) is 18.1 Å². The third-order valence-corrected chi connectivity index (χ3v) is 6.84. The molecule has 0 heterocycles. The van der Waals surface area contributed by atoms with Crippen LogP contribution in [0, 0.1) is 17.8 Å². The van der Waals surface area contributed by atoms with E-state index < -0.39 is 23.6 Å². The van der Waals surface area contributed by atoms with Crippen molar-refractivity contribution in [1.29, 1.82) is 0 Å². The van der Waals surface area contributed by atoms with Gasteiger partial charge in [-0.15, -0.1) is 0 Å². The molecule has 1 N–H and O–H groups in total. The van der Waals surface area contributed by atoms with Gasteiger partial charge in [0.2, 0.25) is 0 Å². The van der Waals surface area contributed by atoms with Crippen LogP contribution >= 0.6 is 0 Å². The van der Waals surface area contributed by atoms with Crippen molar-refractivity contribution in [3.05, 3.63) is 71.3 Å². The fraction of sp³-hybridized carbons (Fsp3) is 0.320. The molecule has 1 fully saturated rings. The number of Topliss-reactive ketones (excluding diaryl/α,β-unsaturated/α-hetero) is 2. The summed E-state index contributed by atoms with van der Waals surface area (Å²) in [5.41, 5.74) is -0.287. The van der Waals surface area contributed by atoms with Crippen molar-refractivity contribution in [2.45, 2.75) is 25.0 Å². The zero-order valence-electron chi connectivity index (χ0n) is 17.4.